The highest BCUT2D eigenvalue weighted by Gasteiger charge is 2.13. The standard InChI is InChI=1S/C10H9N3O2S2/c1-5-12-10(17-13-5)16-8-3-2-6(11)4-7(8)9(14)15/h2-4H,11H2,1H3,(H,14,15). The van der Waals surface area contributed by atoms with Crippen molar-refractivity contribution in [1.29, 1.82) is 0 Å². The van der Waals surface area contributed by atoms with Crippen molar-refractivity contribution in [2.45, 2.75) is 16.2 Å². The Kier molecular flexibility index (Phi) is 3.30. The van der Waals surface area contributed by atoms with Gasteiger partial charge in [0, 0.05) is 10.6 Å². The van der Waals surface area contributed by atoms with Gasteiger partial charge in [0.15, 0.2) is 4.34 Å². The number of nitrogens with zero attached hydrogens (tertiary/aromatic N) is 2. The van der Waals surface area contributed by atoms with Crippen LogP contribution >= 0.6 is 23.3 Å². The predicted molar refractivity (Wildman–Crippen MR) is 66.6 cm³/mol. The van der Waals surface area contributed by atoms with Crippen molar-refractivity contribution in [3.05, 3.63) is 29.6 Å². The van der Waals surface area contributed by atoms with Crippen LogP contribution in [0.4, 0.5) is 5.69 Å². The number of aromatic nitrogens is 2. The number of aromatic carboxylic acids is 1. The molecule has 3 N–H and O–H groups in total. The lowest BCUT2D eigenvalue weighted by molar-refractivity contribution is 0.0693. The molecule has 0 atom stereocenters. The molecule has 0 unspecified atom stereocenters. The summed E-state index contributed by atoms with van der Waals surface area (Å²) in [6.07, 6.45) is 0. The lowest BCUT2D eigenvalue weighted by Gasteiger charge is -2.04. The number of anilines is 1. The first-order chi connectivity index (χ1) is 8.06. The maximum atomic E-state index is 11.1. The summed E-state index contributed by atoms with van der Waals surface area (Å²) in [5.74, 6) is -0.314. The first kappa shape index (κ1) is 11.9. The topological polar surface area (TPSA) is 89.1 Å². The van der Waals surface area contributed by atoms with Gasteiger partial charge >= 0.3 is 5.97 Å². The molecule has 2 rings (SSSR count). The molecule has 7 heteroatoms. The van der Waals surface area contributed by atoms with Crippen LogP contribution in [0.1, 0.15) is 16.2 Å². The normalized spacial score (nSPS) is 10.4. The van der Waals surface area contributed by atoms with Gasteiger partial charge in [-0.2, -0.15) is 4.37 Å². The average molecular weight is 267 g/mol. The molecule has 88 valence electrons. The Bertz CT molecular complexity index is 568. The summed E-state index contributed by atoms with van der Waals surface area (Å²) in [4.78, 5) is 15.9. The number of nitrogens with two attached hydrogens (primary N) is 1. The summed E-state index contributed by atoms with van der Waals surface area (Å²) in [7, 11) is 0. The van der Waals surface area contributed by atoms with E-state index in [-0.39, 0.29) is 5.56 Å². The van der Waals surface area contributed by atoms with Gasteiger partial charge in [-0.3, -0.25) is 0 Å². The largest absolute Gasteiger partial charge is 0.478 e. The number of carbonyl (C=O) groups is 1. The van der Waals surface area contributed by atoms with Gasteiger partial charge in [-0.05, 0) is 36.7 Å². The Balaban J connectivity index is 2.35. The first-order valence-electron chi connectivity index (χ1n) is 4.67. The molecule has 0 aliphatic heterocycles. The molecule has 0 saturated heterocycles. The van der Waals surface area contributed by atoms with E-state index in [1.165, 1.54) is 29.4 Å². The van der Waals surface area contributed by atoms with Crippen molar-refractivity contribution < 1.29 is 9.90 Å². The smallest absolute Gasteiger partial charge is 0.336 e. The highest BCUT2D eigenvalue weighted by Crippen LogP contribution is 2.32. The van der Waals surface area contributed by atoms with E-state index in [9.17, 15) is 4.79 Å². The van der Waals surface area contributed by atoms with E-state index in [0.717, 1.165) is 4.34 Å². The molecule has 1 aromatic carbocycles. The fourth-order valence-corrected chi connectivity index (χ4v) is 2.93. The van der Waals surface area contributed by atoms with Crippen LogP contribution in [0.15, 0.2) is 27.4 Å². The Labute approximate surface area is 106 Å². The van der Waals surface area contributed by atoms with Crippen molar-refractivity contribution in [2.75, 3.05) is 5.73 Å². The fraction of sp³-hybridized carbons (Fsp3) is 0.100. The second-order valence-electron chi connectivity index (χ2n) is 3.27. The molecule has 0 radical (unpaired) electrons. The van der Waals surface area contributed by atoms with E-state index < -0.39 is 5.97 Å². The van der Waals surface area contributed by atoms with Crippen molar-refractivity contribution >= 4 is 35.0 Å². The van der Waals surface area contributed by atoms with Crippen LogP contribution in [0.2, 0.25) is 0 Å². The summed E-state index contributed by atoms with van der Waals surface area (Å²) < 4.78 is 4.76. The van der Waals surface area contributed by atoms with Gasteiger partial charge in [0.05, 0.1) is 5.56 Å². The summed E-state index contributed by atoms with van der Waals surface area (Å²) in [5, 5.41) is 9.07. The zero-order valence-electron chi connectivity index (χ0n) is 8.88. The highest BCUT2D eigenvalue weighted by molar-refractivity contribution is 8.01. The number of carboxylic acid groups (broad SMARTS) is 1. The molecule has 2 aromatic rings. The first-order valence-corrected chi connectivity index (χ1v) is 6.26. The molecular weight excluding hydrogens is 258 g/mol. The van der Waals surface area contributed by atoms with Crippen molar-refractivity contribution in [3.8, 4) is 0 Å². The van der Waals surface area contributed by atoms with E-state index >= 15 is 0 Å². The van der Waals surface area contributed by atoms with Gasteiger partial charge in [-0.1, -0.05) is 11.8 Å². The van der Waals surface area contributed by atoms with E-state index in [0.29, 0.717) is 16.4 Å². The summed E-state index contributed by atoms with van der Waals surface area (Å²) in [6.45, 7) is 1.79. The number of aryl methyl sites for hydroxylation is 1. The molecule has 1 heterocycles. The monoisotopic (exact) mass is 267 g/mol. The van der Waals surface area contributed by atoms with Crippen molar-refractivity contribution in [2.24, 2.45) is 0 Å². The third-order valence-electron chi connectivity index (χ3n) is 1.94. The molecule has 1 aromatic heterocycles. The van der Waals surface area contributed by atoms with Gasteiger partial charge in [-0.25, -0.2) is 9.78 Å². The minimum Gasteiger partial charge on any atom is -0.478 e. The number of carboxylic acids is 1. The molecular formula is C10H9N3O2S2. The second kappa shape index (κ2) is 4.72. The van der Waals surface area contributed by atoms with Crippen LogP contribution in [0.5, 0.6) is 0 Å². The van der Waals surface area contributed by atoms with Gasteiger partial charge in [0.25, 0.3) is 0 Å². The van der Waals surface area contributed by atoms with E-state index in [1.54, 1.807) is 19.1 Å². The molecule has 5 nitrogen and oxygen atoms in total. The Morgan fingerprint density at radius 2 is 2.29 bits per heavy atom. The van der Waals surface area contributed by atoms with Crippen molar-refractivity contribution in [1.82, 2.24) is 9.36 Å². The number of nitrogen functional groups attached to an aromatic ring is 1. The lowest BCUT2D eigenvalue weighted by Crippen LogP contribution is -2.00. The molecule has 17 heavy (non-hydrogen) atoms. The molecule has 0 bridgehead atoms. The minimum absolute atomic E-state index is 0.183. The molecule has 0 aliphatic carbocycles. The Morgan fingerprint density at radius 3 is 2.88 bits per heavy atom. The van der Waals surface area contributed by atoms with Crippen LogP contribution in [0, 0.1) is 6.92 Å². The predicted octanol–water partition coefficient (Wildman–Crippen LogP) is 2.28. The average Bonchev–Trinajstić information content (AvgIpc) is 2.66. The molecule has 0 fully saturated rings. The third kappa shape index (κ3) is 2.75. The third-order valence-corrected chi connectivity index (χ3v) is 3.86. The molecule has 0 aliphatic rings. The SMILES string of the molecule is Cc1nsc(Sc2ccc(N)cc2C(=O)O)n1. The van der Waals surface area contributed by atoms with Gasteiger partial charge < -0.3 is 10.8 Å². The van der Waals surface area contributed by atoms with Gasteiger partial charge in [0.1, 0.15) is 5.82 Å². The van der Waals surface area contributed by atoms with Crippen LogP contribution in [-0.4, -0.2) is 20.4 Å². The number of benzene rings is 1. The van der Waals surface area contributed by atoms with E-state index in [4.69, 9.17) is 10.8 Å². The summed E-state index contributed by atoms with van der Waals surface area (Å²) >= 11 is 2.53. The van der Waals surface area contributed by atoms with E-state index in [1.807, 2.05) is 0 Å². The maximum Gasteiger partial charge on any atom is 0.336 e. The minimum atomic E-state index is -0.999. The van der Waals surface area contributed by atoms with Crippen LogP contribution < -0.4 is 5.73 Å². The zero-order valence-corrected chi connectivity index (χ0v) is 10.5. The summed E-state index contributed by atoms with van der Waals surface area (Å²) in [6, 6.07) is 4.79. The Hall–Kier alpha value is -1.60. The highest BCUT2D eigenvalue weighted by atomic mass is 32.2. The van der Waals surface area contributed by atoms with Crippen LogP contribution in [0.3, 0.4) is 0 Å². The number of hydrogen-bond donors (Lipinski definition) is 2. The van der Waals surface area contributed by atoms with Gasteiger partial charge in [-0.15, -0.1) is 0 Å². The van der Waals surface area contributed by atoms with Crippen molar-refractivity contribution in [3.63, 3.8) is 0 Å². The molecule has 0 saturated carbocycles. The fourth-order valence-electron chi connectivity index (χ4n) is 1.22. The molecule has 0 spiro atoms. The number of hydrogen-bond acceptors (Lipinski definition) is 6. The van der Waals surface area contributed by atoms with Gasteiger partial charge in [0.2, 0.25) is 0 Å². The Morgan fingerprint density at radius 1 is 1.53 bits per heavy atom. The number of rotatable bonds is 3. The van der Waals surface area contributed by atoms with Crippen LogP contribution in [0.25, 0.3) is 0 Å². The lowest BCUT2D eigenvalue weighted by atomic mass is 10.2. The van der Waals surface area contributed by atoms with Crippen LogP contribution in [-0.2, 0) is 0 Å². The van der Waals surface area contributed by atoms with E-state index in [2.05, 4.69) is 9.36 Å². The zero-order chi connectivity index (χ0) is 12.4. The second-order valence-corrected chi connectivity index (χ2v) is 5.31. The maximum absolute atomic E-state index is 11.1. The summed E-state index contributed by atoms with van der Waals surface area (Å²) in [5.41, 5.74) is 6.18. The molecule has 0 amide bonds. The quantitative estimate of drug-likeness (QED) is 0.829.